The second-order valence-electron chi connectivity index (χ2n) is 12.2. The van der Waals surface area contributed by atoms with E-state index in [1.807, 2.05) is 0 Å². The number of imidazole rings is 1. The fourth-order valence-electron chi connectivity index (χ4n) is 4.61. The summed E-state index contributed by atoms with van der Waals surface area (Å²) in [5.41, 5.74) is 11.6. The van der Waals surface area contributed by atoms with Crippen molar-refractivity contribution in [3.8, 4) is 0 Å². The third-order valence-electron chi connectivity index (χ3n) is 8.05. The summed E-state index contributed by atoms with van der Waals surface area (Å²) in [4.78, 5) is 108. The van der Waals surface area contributed by atoms with Crippen LogP contribution in [0.2, 0.25) is 0 Å². The van der Waals surface area contributed by atoms with E-state index in [0.29, 0.717) is 17.9 Å². The lowest BCUT2D eigenvalue weighted by Crippen LogP contribution is -2.61. The first-order valence-electron chi connectivity index (χ1n) is 16.8. The lowest BCUT2D eigenvalue weighted by Gasteiger charge is -2.28. The van der Waals surface area contributed by atoms with Gasteiger partial charge in [0.15, 0.2) is 0 Å². The highest BCUT2D eigenvalue weighted by molar-refractivity contribution is 7.98. The molecule has 7 amide bonds. The van der Waals surface area contributed by atoms with Crippen LogP contribution in [0.3, 0.4) is 0 Å². The summed E-state index contributed by atoms with van der Waals surface area (Å²) in [6, 6.07) is -8.91. The molecular formula is C31H52N10O10S2. The van der Waals surface area contributed by atoms with Gasteiger partial charge in [-0.3, -0.25) is 33.6 Å². The standard InChI is InChI=1S/C31H52N10O10S2/c1-5-15(2)24(41-28(47)21(12-42)39-26(45)18(32)10-17-11-34-14-35-17)30(49)40-22(13-52)29(48)36-16(3)25(44)37-19(8-9-53-4)27(46)38-20(31(50)51)6-7-23(33)43/h11,14-16,18-22,24,42,52H,5-10,12-13,32H2,1-4H3,(H2,33,43)(H,34,35)(H,36,48)(H,37,44)(H,38,46)(H,39,45)(H,40,49)(H,41,47)(H,50,51). The van der Waals surface area contributed by atoms with Crippen LogP contribution in [0.25, 0.3) is 0 Å². The number of aliphatic hydroxyl groups excluding tert-OH is 1. The van der Waals surface area contributed by atoms with Crippen molar-refractivity contribution in [2.24, 2.45) is 17.4 Å². The molecule has 0 saturated heterocycles. The highest BCUT2D eigenvalue weighted by Crippen LogP contribution is 2.10. The third-order valence-corrected chi connectivity index (χ3v) is 9.05. The first-order chi connectivity index (χ1) is 25.0. The van der Waals surface area contributed by atoms with Crippen LogP contribution in [0, 0.1) is 5.92 Å². The predicted molar refractivity (Wildman–Crippen MR) is 197 cm³/mol. The second-order valence-corrected chi connectivity index (χ2v) is 13.6. The van der Waals surface area contributed by atoms with Crippen LogP contribution < -0.4 is 43.4 Å². The number of nitrogens with one attached hydrogen (secondary N) is 7. The zero-order valence-electron chi connectivity index (χ0n) is 30.0. The summed E-state index contributed by atoms with van der Waals surface area (Å²) in [7, 11) is 0. The largest absolute Gasteiger partial charge is 0.480 e. The van der Waals surface area contributed by atoms with Gasteiger partial charge in [-0.05, 0) is 37.7 Å². The fraction of sp³-hybridized carbons (Fsp3) is 0.645. The minimum Gasteiger partial charge on any atom is -0.480 e. The minimum absolute atomic E-state index is 0.0811. The van der Waals surface area contributed by atoms with E-state index < -0.39 is 102 Å². The maximum absolute atomic E-state index is 13.4. The molecule has 1 rings (SSSR count). The van der Waals surface area contributed by atoms with Crippen molar-refractivity contribution in [3.63, 3.8) is 0 Å². The van der Waals surface area contributed by atoms with Crippen molar-refractivity contribution in [1.29, 1.82) is 0 Å². The zero-order valence-corrected chi connectivity index (χ0v) is 31.8. The van der Waals surface area contributed by atoms with Gasteiger partial charge in [-0.1, -0.05) is 20.3 Å². The number of hydrogen-bond donors (Lipinski definition) is 12. The Morgan fingerprint density at radius 2 is 1.43 bits per heavy atom. The molecule has 0 fully saturated rings. The number of carboxylic acid groups (broad SMARTS) is 1. The number of amides is 7. The van der Waals surface area contributed by atoms with E-state index in [0.717, 1.165) is 0 Å². The predicted octanol–water partition coefficient (Wildman–Crippen LogP) is -3.72. The van der Waals surface area contributed by atoms with Crippen LogP contribution in [0.4, 0.5) is 0 Å². The van der Waals surface area contributed by atoms with Crippen molar-refractivity contribution in [2.75, 3.05) is 24.4 Å². The Bertz CT molecular complexity index is 1400. The molecule has 0 spiro atoms. The quantitative estimate of drug-likeness (QED) is 0.0425. The number of aromatic amines is 1. The Hall–Kier alpha value is -4.41. The van der Waals surface area contributed by atoms with Crippen LogP contribution >= 0.6 is 24.4 Å². The van der Waals surface area contributed by atoms with Gasteiger partial charge in [0.05, 0.1) is 19.0 Å². The van der Waals surface area contributed by atoms with Crippen molar-refractivity contribution in [3.05, 3.63) is 18.2 Å². The molecule has 8 atom stereocenters. The first kappa shape index (κ1) is 46.6. The molecule has 0 aliphatic heterocycles. The molecule has 1 heterocycles. The summed E-state index contributed by atoms with van der Waals surface area (Å²) in [6.45, 7) is 3.95. The molecule has 53 heavy (non-hydrogen) atoms. The van der Waals surface area contributed by atoms with Gasteiger partial charge in [0.1, 0.15) is 36.3 Å². The normalized spacial score (nSPS) is 15.5. The van der Waals surface area contributed by atoms with E-state index >= 15 is 0 Å². The maximum atomic E-state index is 13.4. The molecule has 0 saturated carbocycles. The van der Waals surface area contributed by atoms with E-state index in [2.05, 4.69) is 54.5 Å². The second kappa shape index (κ2) is 24.0. The SMILES string of the molecule is CCC(C)C(NC(=O)C(CO)NC(=O)C(N)Cc1cnc[nH]1)C(=O)NC(CS)C(=O)NC(C)C(=O)NC(CCSC)C(=O)NC(CCC(N)=O)C(=O)O. The average molecular weight is 789 g/mol. The monoisotopic (exact) mass is 788 g/mol. The Balaban J connectivity index is 2.94. The molecular weight excluding hydrogens is 737 g/mol. The van der Waals surface area contributed by atoms with Crippen molar-refractivity contribution >= 4 is 71.7 Å². The molecule has 0 aliphatic rings. The number of thioether (sulfide) groups is 1. The Kier molecular flexibility index (Phi) is 21.1. The number of nitrogens with zero attached hydrogens (tertiary/aromatic N) is 1. The molecule has 22 heteroatoms. The van der Waals surface area contributed by atoms with Gasteiger partial charge in [0.25, 0.3) is 0 Å². The molecule has 0 aromatic carbocycles. The van der Waals surface area contributed by atoms with E-state index in [-0.39, 0.29) is 31.4 Å². The number of primary amides is 1. The van der Waals surface area contributed by atoms with Gasteiger partial charge >= 0.3 is 5.97 Å². The maximum Gasteiger partial charge on any atom is 0.326 e. The number of carbonyl (C=O) groups is 8. The first-order valence-corrected chi connectivity index (χ1v) is 18.8. The number of carboxylic acids is 1. The van der Waals surface area contributed by atoms with Gasteiger partial charge < -0.3 is 58.6 Å². The van der Waals surface area contributed by atoms with Crippen LogP contribution in [-0.2, 0) is 44.8 Å². The lowest BCUT2D eigenvalue weighted by atomic mass is 9.97. The highest BCUT2D eigenvalue weighted by Gasteiger charge is 2.34. The number of nitrogens with two attached hydrogens (primary N) is 2. The Morgan fingerprint density at radius 3 is 1.96 bits per heavy atom. The highest BCUT2D eigenvalue weighted by atomic mass is 32.2. The van der Waals surface area contributed by atoms with E-state index in [4.69, 9.17) is 11.5 Å². The number of aromatic nitrogens is 2. The molecule has 1 aromatic rings. The third kappa shape index (κ3) is 16.4. The van der Waals surface area contributed by atoms with Gasteiger partial charge in [-0.25, -0.2) is 9.78 Å². The Morgan fingerprint density at radius 1 is 0.849 bits per heavy atom. The minimum atomic E-state index is -1.45. The van der Waals surface area contributed by atoms with Crippen LogP contribution in [0.1, 0.15) is 52.1 Å². The molecule has 0 aliphatic carbocycles. The van der Waals surface area contributed by atoms with Gasteiger partial charge in [0.2, 0.25) is 41.4 Å². The number of hydrogen-bond acceptors (Lipinski definition) is 13. The van der Waals surface area contributed by atoms with Crippen molar-refractivity contribution in [1.82, 2.24) is 41.9 Å². The van der Waals surface area contributed by atoms with Crippen LogP contribution in [-0.4, -0.2) is 134 Å². The summed E-state index contributed by atoms with van der Waals surface area (Å²) in [6.07, 6.45) is 4.70. The zero-order chi connectivity index (χ0) is 40.2. The molecule has 0 bridgehead atoms. The van der Waals surface area contributed by atoms with Crippen molar-refractivity contribution in [2.45, 2.75) is 95.2 Å². The number of aliphatic carboxylic acids is 1. The molecule has 20 nitrogen and oxygen atoms in total. The summed E-state index contributed by atoms with van der Waals surface area (Å²) < 4.78 is 0. The lowest BCUT2D eigenvalue weighted by molar-refractivity contribution is -0.142. The van der Waals surface area contributed by atoms with Gasteiger partial charge in [-0.2, -0.15) is 24.4 Å². The number of H-pyrrole nitrogens is 1. The smallest absolute Gasteiger partial charge is 0.326 e. The van der Waals surface area contributed by atoms with E-state index in [1.54, 1.807) is 20.1 Å². The molecule has 8 unspecified atom stereocenters. The van der Waals surface area contributed by atoms with E-state index in [9.17, 15) is 48.6 Å². The van der Waals surface area contributed by atoms with E-state index in [1.165, 1.54) is 31.2 Å². The fourth-order valence-corrected chi connectivity index (χ4v) is 5.34. The molecule has 1 aromatic heterocycles. The summed E-state index contributed by atoms with van der Waals surface area (Å²) in [5, 5.41) is 33.9. The molecule has 0 radical (unpaired) electrons. The number of aliphatic hydroxyl groups is 1. The van der Waals surface area contributed by atoms with Crippen LogP contribution in [0.15, 0.2) is 12.5 Å². The van der Waals surface area contributed by atoms with Crippen molar-refractivity contribution < 1.29 is 48.6 Å². The van der Waals surface area contributed by atoms with Crippen LogP contribution in [0.5, 0.6) is 0 Å². The van der Waals surface area contributed by atoms with Gasteiger partial charge in [-0.15, -0.1) is 0 Å². The van der Waals surface area contributed by atoms with Gasteiger partial charge in [0, 0.05) is 30.5 Å². The summed E-state index contributed by atoms with van der Waals surface area (Å²) in [5.74, 6) is -7.27. The molecule has 298 valence electrons. The number of thiol groups is 1. The number of carbonyl (C=O) groups excluding carboxylic acids is 7. The molecule has 13 N–H and O–H groups in total. The summed E-state index contributed by atoms with van der Waals surface area (Å²) >= 11 is 5.53. The average Bonchev–Trinajstić information content (AvgIpc) is 3.63. The Labute approximate surface area is 316 Å². The number of rotatable bonds is 25. The topological polar surface area (TPSA) is 330 Å².